The van der Waals surface area contributed by atoms with Gasteiger partial charge in [0.05, 0.1) is 30.2 Å². The number of fused-ring (bicyclic) bond motifs is 1. The Morgan fingerprint density at radius 3 is 2.84 bits per heavy atom. The number of methoxy groups -OCH3 is 1. The van der Waals surface area contributed by atoms with Gasteiger partial charge in [0.1, 0.15) is 23.2 Å². The molecule has 0 radical (unpaired) electrons. The van der Waals surface area contributed by atoms with Gasteiger partial charge < -0.3 is 29.7 Å². The number of nitrogens with one attached hydrogen (secondary N) is 3. The Kier molecular flexibility index (Phi) is 6.53. The fourth-order valence-corrected chi connectivity index (χ4v) is 4.71. The van der Waals surface area contributed by atoms with Gasteiger partial charge in [-0.1, -0.05) is 15.9 Å². The number of imidazole rings is 2. The van der Waals surface area contributed by atoms with Gasteiger partial charge in [-0.2, -0.15) is 0 Å². The molecule has 0 aliphatic carbocycles. The van der Waals surface area contributed by atoms with E-state index in [4.69, 9.17) is 4.74 Å². The summed E-state index contributed by atoms with van der Waals surface area (Å²) >= 11 is 3.42. The molecule has 5 aromatic rings. The van der Waals surface area contributed by atoms with Crippen LogP contribution in [-0.2, 0) is 11.2 Å². The van der Waals surface area contributed by atoms with Gasteiger partial charge in [-0.25, -0.2) is 14.8 Å². The third-order valence-corrected chi connectivity index (χ3v) is 6.55. The molecule has 11 heteroatoms. The van der Waals surface area contributed by atoms with Crippen LogP contribution in [0, 0.1) is 6.92 Å². The number of ether oxygens (including phenoxy) is 1. The standard InChI is InChI=1S/C26H23BrN6O4/c1-14-9-17(33-8-7-28-13-33)12-19-23(14)32-24(31-19)22-18(5-6-29-25(22)34)30-20(26(35)36)11-15-10-16(27)3-4-21(15)37-2/h3-10,12-13,20H,11H2,1-2H3,(H,31,32)(H,35,36)(H2,29,30,34). The quantitative estimate of drug-likeness (QED) is 0.221. The fourth-order valence-electron chi connectivity index (χ4n) is 4.30. The van der Waals surface area contributed by atoms with E-state index in [1.807, 2.05) is 42.0 Å². The van der Waals surface area contributed by atoms with E-state index in [1.165, 1.54) is 13.3 Å². The number of pyridine rings is 1. The zero-order valence-corrected chi connectivity index (χ0v) is 21.5. The van der Waals surface area contributed by atoms with Gasteiger partial charge in [-0.3, -0.25) is 4.79 Å². The Hall–Kier alpha value is -4.38. The van der Waals surface area contributed by atoms with Crippen LogP contribution >= 0.6 is 15.9 Å². The molecule has 4 N–H and O–H groups in total. The molecule has 0 fully saturated rings. The number of benzene rings is 2. The summed E-state index contributed by atoms with van der Waals surface area (Å²) in [5.74, 6) is -0.170. The second-order valence-electron chi connectivity index (χ2n) is 8.51. The van der Waals surface area contributed by atoms with E-state index < -0.39 is 17.6 Å². The molecular formula is C26H23BrN6O4. The lowest BCUT2D eigenvalue weighted by Crippen LogP contribution is -2.32. The first kappa shape index (κ1) is 24.3. The monoisotopic (exact) mass is 562 g/mol. The van der Waals surface area contributed by atoms with Crippen molar-refractivity contribution in [3.05, 3.63) is 87.3 Å². The molecule has 0 saturated heterocycles. The van der Waals surface area contributed by atoms with Crippen molar-refractivity contribution in [2.75, 3.05) is 12.4 Å². The molecule has 0 aliphatic rings. The molecule has 37 heavy (non-hydrogen) atoms. The van der Waals surface area contributed by atoms with E-state index in [-0.39, 0.29) is 12.0 Å². The van der Waals surface area contributed by atoms with E-state index in [0.717, 1.165) is 21.2 Å². The van der Waals surface area contributed by atoms with Crippen LogP contribution in [0.15, 0.2) is 70.6 Å². The largest absolute Gasteiger partial charge is 0.496 e. The lowest BCUT2D eigenvalue weighted by molar-refractivity contribution is -0.137. The normalized spacial score (nSPS) is 12.0. The number of H-pyrrole nitrogens is 2. The van der Waals surface area contributed by atoms with Gasteiger partial charge in [-0.05, 0) is 54.4 Å². The van der Waals surface area contributed by atoms with Gasteiger partial charge in [0.15, 0.2) is 0 Å². The number of nitrogens with zero attached hydrogens (tertiary/aromatic N) is 3. The Bertz CT molecular complexity index is 1660. The first-order chi connectivity index (χ1) is 17.8. The van der Waals surface area contributed by atoms with E-state index in [2.05, 4.69) is 41.2 Å². The molecule has 1 atom stereocenters. The highest BCUT2D eigenvalue weighted by Gasteiger charge is 2.24. The SMILES string of the molecule is COc1ccc(Br)cc1CC(Nc1cc[nH]c(=O)c1-c1nc2c(C)cc(-n3ccnc3)cc2[nH]1)C(=O)O. The molecule has 0 saturated carbocycles. The Morgan fingerprint density at radius 1 is 1.27 bits per heavy atom. The van der Waals surface area contributed by atoms with Crippen LogP contribution < -0.4 is 15.6 Å². The number of anilines is 1. The minimum atomic E-state index is -1.07. The average molecular weight is 563 g/mol. The van der Waals surface area contributed by atoms with E-state index in [9.17, 15) is 14.7 Å². The van der Waals surface area contributed by atoms with Gasteiger partial charge in [0, 0.05) is 35.2 Å². The number of carbonyl (C=O) groups is 1. The van der Waals surface area contributed by atoms with Crippen LogP contribution in [0.5, 0.6) is 5.75 Å². The van der Waals surface area contributed by atoms with Crippen molar-refractivity contribution in [3.8, 4) is 22.8 Å². The van der Waals surface area contributed by atoms with Crippen molar-refractivity contribution in [1.29, 1.82) is 0 Å². The maximum Gasteiger partial charge on any atom is 0.326 e. The number of carboxylic acids is 1. The number of aliphatic carboxylic acids is 1. The van der Waals surface area contributed by atoms with Gasteiger partial charge in [-0.15, -0.1) is 0 Å². The van der Waals surface area contributed by atoms with Crippen molar-refractivity contribution in [2.24, 2.45) is 0 Å². The van der Waals surface area contributed by atoms with E-state index in [0.29, 0.717) is 28.3 Å². The number of aryl methyl sites for hydroxylation is 1. The van der Waals surface area contributed by atoms with Crippen molar-refractivity contribution in [2.45, 2.75) is 19.4 Å². The maximum absolute atomic E-state index is 13.0. The van der Waals surface area contributed by atoms with Crippen LogP contribution in [0.25, 0.3) is 28.1 Å². The first-order valence-electron chi connectivity index (χ1n) is 11.4. The summed E-state index contributed by atoms with van der Waals surface area (Å²) < 4.78 is 8.09. The van der Waals surface area contributed by atoms with Crippen molar-refractivity contribution in [1.82, 2.24) is 24.5 Å². The van der Waals surface area contributed by atoms with Crippen LogP contribution in [0.1, 0.15) is 11.1 Å². The molecule has 5 rings (SSSR count). The van der Waals surface area contributed by atoms with Crippen molar-refractivity contribution >= 4 is 38.6 Å². The molecule has 3 aromatic heterocycles. The molecule has 188 valence electrons. The van der Waals surface area contributed by atoms with E-state index in [1.54, 1.807) is 24.7 Å². The van der Waals surface area contributed by atoms with Crippen LogP contribution in [0.3, 0.4) is 0 Å². The van der Waals surface area contributed by atoms with Crippen LogP contribution in [-0.4, -0.2) is 48.7 Å². The Morgan fingerprint density at radius 2 is 2.11 bits per heavy atom. The molecular weight excluding hydrogens is 540 g/mol. The predicted molar refractivity (Wildman–Crippen MR) is 143 cm³/mol. The second-order valence-corrected chi connectivity index (χ2v) is 9.42. The minimum absolute atomic E-state index is 0.123. The van der Waals surface area contributed by atoms with Crippen LogP contribution in [0.2, 0.25) is 0 Å². The third kappa shape index (κ3) is 4.85. The number of hydrogen-bond donors (Lipinski definition) is 4. The molecule has 3 heterocycles. The number of aromatic nitrogens is 5. The van der Waals surface area contributed by atoms with Gasteiger partial charge in [0.2, 0.25) is 0 Å². The molecule has 1 unspecified atom stereocenters. The van der Waals surface area contributed by atoms with Crippen molar-refractivity contribution < 1.29 is 14.6 Å². The third-order valence-electron chi connectivity index (χ3n) is 6.06. The highest BCUT2D eigenvalue weighted by molar-refractivity contribution is 9.10. The number of carboxylic acid groups (broad SMARTS) is 1. The lowest BCUT2D eigenvalue weighted by atomic mass is 10.0. The van der Waals surface area contributed by atoms with E-state index >= 15 is 0 Å². The zero-order chi connectivity index (χ0) is 26.1. The summed E-state index contributed by atoms with van der Waals surface area (Å²) in [7, 11) is 1.53. The average Bonchev–Trinajstić information content (AvgIpc) is 3.54. The number of hydrogen-bond acceptors (Lipinski definition) is 6. The molecule has 10 nitrogen and oxygen atoms in total. The first-order valence-corrected chi connectivity index (χ1v) is 12.2. The summed E-state index contributed by atoms with van der Waals surface area (Å²) in [6.45, 7) is 1.94. The highest BCUT2D eigenvalue weighted by Crippen LogP contribution is 2.29. The molecule has 0 bridgehead atoms. The maximum atomic E-state index is 13.0. The van der Waals surface area contributed by atoms with Gasteiger partial charge >= 0.3 is 5.97 Å². The summed E-state index contributed by atoms with van der Waals surface area (Å²) in [5, 5.41) is 13.0. The van der Waals surface area contributed by atoms with Gasteiger partial charge in [0.25, 0.3) is 5.56 Å². The molecule has 2 aromatic carbocycles. The molecule has 0 amide bonds. The Balaban J connectivity index is 1.54. The Labute approximate surface area is 219 Å². The number of halogens is 1. The number of rotatable bonds is 8. The smallest absolute Gasteiger partial charge is 0.326 e. The number of aromatic amines is 2. The highest BCUT2D eigenvalue weighted by atomic mass is 79.9. The zero-order valence-electron chi connectivity index (χ0n) is 19.9. The lowest BCUT2D eigenvalue weighted by Gasteiger charge is -2.19. The summed E-state index contributed by atoms with van der Waals surface area (Å²) in [4.78, 5) is 39.9. The molecule has 0 aliphatic heterocycles. The summed E-state index contributed by atoms with van der Waals surface area (Å²) in [6, 6.07) is 9.90. The second kappa shape index (κ2) is 9.94. The summed E-state index contributed by atoms with van der Waals surface area (Å²) in [6.07, 6.45) is 6.83. The summed E-state index contributed by atoms with van der Waals surface area (Å²) in [5.41, 5.74) is 4.12. The fraction of sp³-hybridized carbons (Fsp3) is 0.154. The van der Waals surface area contributed by atoms with Crippen LogP contribution in [0.4, 0.5) is 5.69 Å². The topological polar surface area (TPSA) is 138 Å². The van der Waals surface area contributed by atoms with Crippen molar-refractivity contribution in [3.63, 3.8) is 0 Å². The molecule has 0 spiro atoms. The minimum Gasteiger partial charge on any atom is -0.496 e. The predicted octanol–water partition coefficient (Wildman–Crippen LogP) is 4.29.